The lowest BCUT2D eigenvalue weighted by Crippen LogP contribution is -2.02. The van der Waals surface area contributed by atoms with Gasteiger partial charge in [0.2, 0.25) is 0 Å². The molecule has 0 fully saturated rings. The van der Waals surface area contributed by atoms with Crippen molar-refractivity contribution in [3.63, 3.8) is 0 Å². The number of unbranched alkanes of at least 4 members (excludes halogenated alkanes) is 1. The van der Waals surface area contributed by atoms with E-state index in [1.54, 1.807) is 37.3 Å². The first-order valence-electron chi connectivity index (χ1n) is 9.01. The predicted octanol–water partition coefficient (Wildman–Crippen LogP) is 4.94. The van der Waals surface area contributed by atoms with E-state index in [1.807, 2.05) is 0 Å². The third kappa shape index (κ3) is 4.61. The Morgan fingerprint density at radius 1 is 0.926 bits per heavy atom. The van der Waals surface area contributed by atoms with Crippen molar-refractivity contribution in [1.29, 1.82) is 0 Å². The van der Waals surface area contributed by atoms with Crippen molar-refractivity contribution in [3.05, 3.63) is 59.5 Å². The second-order valence-electron chi connectivity index (χ2n) is 6.69. The summed E-state index contributed by atoms with van der Waals surface area (Å²) in [7, 11) is 0. The summed E-state index contributed by atoms with van der Waals surface area (Å²) in [6.45, 7) is 3.10. The third-order valence-corrected chi connectivity index (χ3v) is 4.45. The van der Waals surface area contributed by atoms with E-state index in [9.17, 15) is 14.0 Å². The number of hydrogen-bond donors (Lipinski definition) is 0. The fourth-order valence-corrected chi connectivity index (χ4v) is 2.99. The van der Waals surface area contributed by atoms with Gasteiger partial charge in [-0.2, -0.15) is 0 Å². The minimum absolute atomic E-state index is 0.0238. The number of hydrogen-bond acceptors (Lipinski definition) is 4. The van der Waals surface area contributed by atoms with E-state index in [-0.39, 0.29) is 17.4 Å². The molecule has 27 heavy (non-hydrogen) atoms. The van der Waals surface area contributed by atoms with Crippen LogP contribution in [0.2, 0.25) is 0 Å². The van der Waals surface area contributed by atoms with Gasteiger partial charge in [-0.15, -0.1) is 0 Å². The molecule has 0 bridgehead atoms. The molecule has 2 aromatic carbocycles. The monoisotopic (exact) mass is 364 g/mol. The van der Waals surface area contributed by atoms with Gasteiger partial charge in [0, 0.05) is 17.5 Å². The Labute approximate surface area is 157 Å². The van der Waals surface area contributed by atoms with E-state index in [1.165, 1.54) is 19.1 Å². The Bertz CT molecular complexity index is 997. The predicted molar refractivity (Wildman–Crippen MR) is 103 cm³/mol. The summed E-state index contributed by atoms with van der Waals surface area (Å²) in [5, 5.41) is 0. The average Bonchev–Trinajstić information content (AvgIpc) is 2.64. The zero-order valence-corrected chi connectivity index (χ0v) is 15.5. The maximum absolute atomic E-state index is 13.3. The topological polar surface area (TPSA) is 59.9 Å². The number of carbonyl (C=O) groups is 2. The molecule has 138 valence electrons. The number of aryl methyl sites for hydroxylation is 1. The highest BCUT2D eigenvalue weighted by atomic mass is 19.1. The van der Waals surface area contributed by atoms with E-state index in [4.69, 9.17) is 9.97 Å². The van der Waals surface area contributed by atoms with E-state index in [2.05, 4.69) is 0 Å². The van der Waals surface area contributed by atoms with Crippen molar-refractivity contribution in [2.75, 3.05) is 0 Å². The molecule has 3 rings (SSSR count). The van der Waals surface area contributed by atoms with Crippen molar-refractivity contribution in [2.24, 2.45) is 0 Å². The number of halogens is 1. The first-order chi connectivity index (χ1) is 12.9. The van der Waals surface area contributed by atoms with Gasteiger partial charge in [-0.05, 0) is 75.6 Å². The minimum Gasteiger partial charge on any atom is -0.300 e. The summed E-state index contributed by atoms with van der Waals surface area (Å²) in [4.78, 5) is 32.3. The quantitative estimate of drug-likeness (QED) is 0.440. The van der Waals surface area contributed by atoms with Gasteiger partial charge < -0.3 is 4.79 Å². The van der Waals surface area contributed by atoms with Gasteiger partial charge in [-0.25, -0.2) is 14.4 Å². The van der Waals surface area contributed by atoms with E-state index in [0.29, 0.717) is 35.1 Å². The Hall–Kier alpha value is -2.95. The molecule has 0 saturated carbocycles. The van der Waals surface area contributed by atoms with Crippen molar-refractivity contribution in [3.8, 4) is 11.3 Å². The molecule has 5 heteroatoms. The molecule has 1 heterocycles. The lowest BCUT2D eigenvalue weighted by atomic mass is 10.0. The molecule has 3 aromatic rings. The van der Waals surface area contributed by atoms with Gasteiger partial charge in [0.25, 0.3) is 0 Å². The van der Waals surface area contributed by atoms with Crippen molar-refractivity contribution >= 4 is 22.6 Å². The zero-order valence-electron chi connectivity index (χ0n) is 15.5. The molecule has 0 N–H and O–H groups in total. The highest BCUT2D eigenvalue weighted by Gasteiger charge is 2.13. The molecule has 0 aliphatic rings. The maximum Gasteiger partial charge on any atom is 0.159 e. The van der Waals surface area contributed by atoms with Crippen LogP contribution in [0.3, 0.4) is 0 Å². The number of fused-ring (bicyclic) bond motifs is 1. The lowest BCUT2D eigenvalue weighted by Gasteiger charge is -2.11. The largest absolute Gasteiger partial charge is 0.300 e. The number of aromatic nitrogens is 2. The summed E-state index contributed by atoms with van der Waals surface area (Å²) in [6, 6.07) is 11.5. The van der Waals surface area contributed by atoms with Gasteiger partial charge in [0.15, 0.2) is 5.78 Å². The van der Waals surface area contributed by atoms with Crippen LogP contribution in [-0.4, -0.2) is 21.5 Å². The van der Waals surface area contributed by atoms with Crippen molar-refractivity contribution < 1.29 is 14.0 Å². The van der Waals surface area contributed by atoms with Crippen LogP contribution in [0.15, 0.2) is 42.5 Å². The number of rotatable bonds is 7. The first-order valence-corrected chi connectivity index (χ1v) is 9.01. The molecule has 0 aliphatic carbocycles. The number of carbonyl (C=O) groups excluding carboxylic acids is 2. The van der Waals surface area contributed by atoms with Crippen LogP contribution in [0.1, 0.15) is 49.2 Å². The molecule has 0 unspecified atom stereocenters. The first kappa shape index (κ1) is 18.8. The second kappa shape index (κ2) is 8.16. The van der Waals surface area contributed by atoms with Gasteiger partial charge in [0.05, 0.1) is 22.4 Å². The fraction of sp³-hybridized carbons (Fsp3) is 0.273. The van der Waals surface area contributed by atoms with E-state index >= 15 is 0 Å². The molecule has 1 aromatic heterocycles. The van der Waals surface area contributed by atoms with Crippen LogP contribution >= 0.6 is 0 Å². The van der Waals surface area contributed by atoms with Crippen molar-refractivity contribution in [2.45, 2.75) is 39.5 Å². The fourth-order valence-electron chi connectivity index (χ4n) is 2.99. The minimum atomic E-state index is -0.304. The highest BCUT2D eigenvalue weighted by Crippen LogP contribution is 2.26. The van der Waals surface area contributed by atoms with Gasteiger partial charge in [-0.3, -0.25) is 4.79 Å². The molecular weight excluding hydrogens is 343 g/mol. The normalized spacial score (nSPS) is 10.9. The second-order valence-corrected chi connectivity index (χ2v) is 6.69. The standard InChI is InChI=1S/C22H21FN2O2/c1-14(26)5-3-4-6-20-22(16-7-10-18(23)11-8-16)25-19-12-9-17(15(2)27)13-21(19)24-20/h7-13H,3-6H2,1-2H3. The molecular formula is C22H21FN2O2. The van der Waals surface area contributed by atoms with Gasteiger partial charge in [-0.1, -0.05) is 0 Å². The number of ketones is 2. The molecule has 0 radical (unpaired) electrons. The van der Waals surface area contributed by atoms with Crippen LogP contribution < -0.4 is 0 Å². The van der Waals surface area contributed by atoms with Crippen LogP contribution in [0.5, 0.6) is 0 Å². The molecule has 0 amide bonds. The SMILES string of the molecule is CC(=O)CCCCc1nc2cc(C(C)=O)ccc2nc1-c1ccc(F)cc1. The molecule has 0 saturated heterocycles. The van der Waals surface area contributed by atoms with Crippen LogP contribution in [0.25, 0.3) is 22.3 Å². The zero-order chi connectivity index (χ0) is 19.4. The summed E-state index contributed by atoms with van der Waals surface area (Å²) in [5.41, 5.74) is 4.23. The number of benzene rings is 2. The molecule has 4 nitrogen and oxygen atoms in total. The molecule has 0 atom stereocenters. The van der Waals surface area contributed by atoms with Crippen LogP contribution in [-0.2, 0) is 11.2 Å². The Morgan fingerprint density at radius 2 is 1.67 bits per heavy atom. The molecule has 0 spiro atoms. The highest BCUT2D eigenvalue weighted by molar-refractivity contribution is 5.97. The van der Waals surface area contributed by atoms with E-state index < -0.39 is 0 Å². The van der Waals surface area contributed by atoms with E-state index in [0.717, 1.165) is 24.1 Å². The summed E-state index contributed by atoms with van der Waals surface area (Å²) >= 11 is 0. The Kier molecular flexibility index (Phi) is 5.69. The van der Waals surface area contributed by atoms with Gasteiger partial charge >= 0.3 is 0 Å². The summed E-state index contributed by atoms with van der Waals surface area (Å²) < 4.78 is 13.3. The number of Topliss-reactive ketones (excluding diaryl/α,β-unsaturated/α-hetero) is 2. The average molecular weight is 364 g/mol. The Morgan fingerprint density at radius 3 is 2.33 bits per heavy atom. The summed E-state index contributed by atoms with van der Waals surface area (Å²) in [5.74, 6) is -0.157. The Balaban J connectivity index is 2.02. The van der Waals surface area contributed by atoms with Crippen LogP contribution in [0.4, 0.5) is 4.39 Å². The maximum atomic E-state index is 13.3. The number of nitrogens with zero attached hydrogens (tertiary/aromatic N) is 2. The lowest BCUT2D eigenvalue weighted by molar-refractivity contribution is -0.117. The summed E-state index contributed by atoms with van der Waals surface area (Å²) in [6.07, 6.45) is 2.79. The van der Waals surface area contributed by atoms with Crippen LogP contribution in [0, 0.1) is 5.82 Å². The van der Waals surface area contributed by atoms with Gasteiger partial charge in [0.1, 0.15) is 11.6 Å². The molecule has 0 aliphatic heterocycles. The third-order valence-electron chi connectivity index (χ3n) is 4.45. The smallest absolute Gasteiger partial charge is 0.159 e. The van der Waals surface area contributed by atoms with Crippen molar-refractivity contribution in [1.82, 2.24) is 9.97 Å².